The summed E-state index contributed by atoms with van der Waals surface area (Å²) in [5.41, 5.74) is 0. The van der Waals surface area contributed by atoms with E-state index >= 15 is 0 Å². The van der Waals surface area contributed by atoms with Crippen LogP contribution in [0.2, 0.25) is 0 Å². The third-order valence-corrected chi connectivity index (χ3v) is 5.99. The molecule has 2 saturated heterocycles. The number of ether oxygens (including phenoxy) is 10. The maximum absolute atomic E-state index is 12.3. The van der Waals surface area contributed by atoms with E-state index in [1.54, 1.807) is 0 Å². The fourth-order valence-electron chi connectivity index (χ4n) is 4.29. The van der Waals surface area contributed by atoms with Gasteiger partial charge in [-0.3, -0.25) is 33.6 Å². The first-order valence-corrected chi connectivity index (χ1v) is 13.7. The highest BCUT2D eigenvalue weighted by molar-refractivity contribution is 6.26. The van der Waals surface area contributed by atoms with Crippen molar-refractivity contribution in [3.8, 4) is 0 Å². The summed E-state index contributed by atoms with van der Waals surface area (Å²) in [5.74, 6) is -6.53. The number of carbonyl (C=O) groups is 7. The van der Waals surface area contributed by atoms with Crippen LogP contribution < -0.4 is 0 Å². The van der Waals surface area contributed by atoms with Crippen molar-refractivity contribution in [3.63, 3.8) is 0 Å². The largest absolute Gasteiger partial charge is 0.463 e. The highest BCUT2D eigenvalue weighted by Gasteiger charge is 2.56. The average Bonchev–Trinajstić information content (AvgIpc) is 2.90. The summed E-state index contributed by atoms with van der Waals surface area (Å²) in [5, 5.41) is 0. The molecule has 2 aliphatic heterocycles. The van der Waals surface area contributed by atoms with Crippen LogP contribution in [0.25, 0.3) is 0 Å². The Morgan fingerprint density at radius 3 is 1.55 bits per heavy atom. The molecule has 0 saturated carbocycles. The Labute approximate surface area is 256 Å². The van der Waals surface area contributed by atoms with Crippen molar-refractivity contribution in [2.45, 2.75) is 96.7 Å². The molecule has 2 heterocycles. The molecular weight excluding hydrogens is 620 g/mol. The van der Waals surface area contributed by atoms with Gasteiger partial charge in [0.1, 0.15) is 44.0 Å². The van der Waals surface area contributed by atoms with Gasteiger partial charge in [0.05, 0.1) is 0 Å². The summed E-state index contributed by atoms with van der Waals surface area (Å²) >= 11 is 5.64. The molecule has 17 nitrogen and oxygen atoms in total. The van der Waals surface area contributed by atoms with Gasteiger partial charge >= 0.3 is 41.8 Å². The molecule has 0 N–H and O–H groups in total. The monoisotopic (exact) mass is 653 g/mol. The van der Waals surface area contributed by atoms with E-state index in [2.05, 4.69) is 0 Å². The molecule has 0 aromatic heterocycles. The summed E-state index contributed by atoms with van der Waals surface area (Å²) in [6.45, 7) is 6.47. The van der Waals surface area contributed by atoms with Crippen LogP contribution in [0.1, 0.15) is 41.5 Å². The van der Waals surface area contributed by atoms with E-state index in [-0.39, 0.29) is 0 Å². The number of carbonyl (C=O) groups excluding carboxylic acids is 7. The highest BCUT2D eigenvalue weighted by atomic mass is 35.5. The van der Waals surface area contributed by atoms with E-state index in [0.29, 0.717) is 0 Å². The van der Waals surface area contributed by atoms with Crippen molar-refractivity contribution in [1.29, 1.82) is 0 Å². The first-order chi connectivity index (χ1) is 20.6. The summed E-state index contributed by atoms with van der Waals surface area (Å²) in [7, 11) is 0. The Hall–Kier alpha value is -3.54. The lowest BCUT2D eigenvalue weighted by Gasteiger charge is -2.47. The third kappa shape index (κ3) is 11.2. The second-order valence-corrected chi connectivity index (χ2v) is 9.71. The maximum Gasteiger partial charge on any atom is 0.321 e. The number of halogens is 1. The molecular formula is C26H34ClO17. The number of alkyl halides is 1. The van der Waals surface area contributed by atoms with Crippen LogP contribution >= 0.6 is 11.6 Å². The Bertz CT molecular complexity index is 1080. The summed E-state index contributed by atoms with van der Waals surface area (Å²) in [6, 6.07) is 0. The van der Waals surface area contributed by atoms with Gasteiger partial charge in [0.25, 0.3) is 0 Å². The first-order valence-electron chi connectivity index (χ1n) is 13.1. The normalized spacial score (nSPS) is 29.8. The van der Waals surface area contributed by atoms with Crippen LogP contribution in [-0.2, 0) is 80.9 Å². The zero-order valence-electron chi connectivity index (χ0n) is 24.7. The van der Waals surface area contributed by atoms with E-state index in [1.807, 2.05) is 0 Å². The van der Waals surface area contributed by atoms with Crippen molar-refractivity contribution in [1.82, 2.24) is 0 Å². The predicted octanol–water partition coefficient (Wildman–Crippen LogP) is -0.339. The zero-order chi connectivity index (χ0) is 33.1. The SMILES string of the molecule is CC(=O)OC[C@H]1O[C@@H](O[C@H]2[C@H](OC(C)=O)[C@@H](COC(C)=O)O[CH][C@@H]2OC(C)=O)[C@H](OC(C)=O)[C@@H](OC(=O)CCl)[C@@H]1OC(C)=O. The van der Waals surface area contributed by atoms with Gasteiger partial charge in [-0.25, -0.2) is 0 Å². The number of esters is 7. The Morgan fingerprint density at radius 2 is 1.07 bits per heavy atom. The van der Waals surface area contributed by atoms with Crippen LogP contribution in [-0.4, -0.2) is 116 Å². The second kappa shape index (κ2) is 17.1. The van der Waals surface area contributed by atoms with Crippen LogP contribution in [0.15, 0.2) is 0 Å². The molecule has 2 aliphatic rings. The van der Waals surface area contributed by atoms with Gasteiger partial charge in [0.15, 0.2) is 36.8 Å². The summed E-state index contributed by atoms with van der Waals surface area (Å²) < 4.78 is 54.5. The fraction of sp³-hybridized carbons (Fsp3) is 0.692. The molecule has 18 heteroatoms. The summed E-state index contributed by atoms with van der Waals surface area (Å²) in [6.07, 6.45) is -13.5. The van der Waals surface area contributed by atoms with E-state index < -0.39 is 116 Å². The highest BCUT2D eigenvalue weighted by Crippen LogP contribution is 2.34. The van der Waals surface area contributed by atoms with Gasteiger partial charge in [-0.05, 0) is 0 Å². The van der Waals surface area contributed by atoms with Gasteiger partial charge < -0.3 is 47.4 Å². The van der Waals surface area contributed by atoms with Crippen molar-refractivity contribution in [2.75, 3.05) is 19.1 Å². The Kier molecular flexibility index (Phi) is 14.2. The third-order valence-electron chi connectivity index (χ3n) is 5.77. The van der Waals surface area contributed by atoms with E-state index in [9.17, 15) is 33.6 Å². The van der Waals surface area contributed by atoms with Gasteiger partial charge in [-0.2, -0.15) is 0 Å². The molecule has 0 aliphatic carbocycles. The minimum absolute atomic E-state index is 0.436. The quantitative estimate of drug-likeness (QED) is 0.150. The molecule has 0 aromatic rings. The molecule has 247 valence electrons. The Balaban J connectivity index is 2.63. The van der Waals surface area contributed by atoms with Gasteiger partial charge in [-0.1, -0.05) is 0 Å². The van der Waals surface area contributed by atoms with Gasteiger partial charge in [0, 0.05) is 41.5 Å². The van der Waals surface area contributed by atoms with Crippen LogP contribution in [0.4, 0.5) is 0 Å². The van der Waals surface area contributed by atoms with Crippen LogP contribution in [0.5, 0.6) is 0 Å². The number of rotatable bonds is 12. The summed E-state index contributed by atoms with van der Waals surface area (Å²) in [4.78, 5) is 83.7. The number of hydrogen-bond acceptors (Lipinski definition) is 17. The molecule has 0 spiro atoms. The standard InChI is InChI=1S/C26H34ClO17/c1-11(28)35-8-17-21(39-14(4)31)22(18(10-37-17)38-13(3)30)44-26-25(41-16(6)33)24(43-20(34)7-27)23(40-15(5)32)19(42-26)9-36-12(2)29/h10,17-19,21-26H,7-9H2,1-6H3/t17-,18+,19-,21-,22-,23-,24+,25-,26+/m1/s1. The lowest BCUT2D eigenvalue weighted by atomic mass is 9.96. The molecule has 9 atom stereocenters. The van der Waals surface area contributed by atoms with Crippen molar-refractivity contribution < 1.29 is 80.9 Å². The minimum Gasteiger partial charge on any atom is -0.463 e. The lowest BCUT2D eigenvalue weighted by Crippen LogP contribution is -2.65. The van der Waals surface area contributed by atoms with Gasteiger partial charge in [0.2, 0.25) is 0 Å². The Morgan fingerprint density at radius 1 is 0.591 bits per heavy atom. The second-order valence-electron chi connectivity index (χ2n) is 9.44. The molecule has 0 amide bonds. The average molecular weight is 654 g/mol. The number of hydrogen-bond donors (Lipinski definition) is 0. The topological polar surface area (TPSA) is 212 Å². The molecule has 1 radical (unpaired) electrons. The molecule has 0 bridgehead atoms. The van der Waals surface area contributed by atoms with E-state index in [4.69, 9.17) is 59.0 Å². The van der Waals surface area contributed by atoms with Crippen molar-refractivity contribution in [2.24, 2.45) is 0 Å². The van der Waals surface area contributed by atoms with Crippen LogP contribution in [0.3, 0.4) is 0 Å². The molecule has 2 fully saturated rings. The molecule has 2 rings (SSSR count). The minimum atomic E-state index is -1.76. The van der Waals surface area contributed by atoms with E-state index in [0.717, 1.165) is 48.1 Å². The van der Waals surface area contributed by atoms with Gasteiger partial charge in [-0.15, -0.1) is 11.6 Å². The smallest absolute Gasteiger partial charge is 0.321 e. The van der Waals surface area contributed by atoms with Crippen molar-refractivity contribution >= 4 is 53.4 Å². The maximum atomic E-state index is 12.3. The predicted molar refractivity (Wildman–Crippen MR) is 139 cm³/mol. The molecule has 44 heavy (non-hydrogen) atoms. The first kappa shape index (κ1) is 36.7. The lowest BCUT2D eigenvalue weighted by molar-refractivity contribution is -0.335. The van der Waals surface area contributed by atoms with Crippen LogP contribution in [0, 0.1) is 6.61 Å². The van der Waals surface area contributed by atoms with Crippen molar-refractivity contribution in [3.05, 3.63) is 6.61 Å². The molecule has 0 unspecified atom stereocenters. The zero-order valence-corrected chi connectivity index (χ0v) is 25.5. The molecule has 0 aromatic carbocycles. The fourth-order valence-corrected chi connectivity index (χ4v) is 4.35. The van der Waals surface area contributed by atoms with E-state index in [1.165, 1.54) is 0 Å².